The Balaban J connectivity index is 2.17. The Labute approximate surface area is 117 Å². The lowest BCUT2D eigenvalue weighted by atomic mass is 9.90. The van der Waals surface area contributed by atoms with Crippen molar-refractivity contribution in [2.45, 2.75) is 58.5 Å². The van der Waals surface area contributed by atoms with Crippen molar-refractivity contribution < 1.29 is 0 Å². The summed E-state index contributed by atoms with van der Waals surface area (Å²) in [7, 11) is 2.07. The molecule has 1 saturated heterocycles. The van der Waals surface area contributed by atoms with Crippen LogP contribution in [0.15, 0.2) is 6.20 Å². The van der Waals surface area contributed by atoms with Crippen molar-refractivity contribution in [2.24, 2.45) is 0 Å². The van der Waals surface area contributed by atoms with Gasteiger partial charge in [0.05, 0.1) is 5.69 Å². The maximum absolute atomic E-state index is 4.82. The Bertz CT molecular complexity index is 414. The zero-order valence-corrected chi connectivity index (χ0v) is 13.0. The van der Waals surface area contributed by atoms with Crippen molar-refractivity contribution in [1.82, 2.24) is 14.9 Å². The van der Waals surface area contributed by atoms with Gasteiger partial charge >= 0.3 is 0 Å². The van der Waals surface area contributed by atoms with E-state index in [9.17, 15) is 0 Å². The topological polar surface area (TPSA) is 33.1 Å². The SMILES string of the molecule is CCc1cn(C(C)C)c(N2CCC(C)(NC)CC2)n1. The molecule has 1 aliphatic heterocycles. The fourth-order valence-corrected chi connectivity index (χ4v) is 2.67. The Kier molecular flexibility index (Phi) is 4.19. The van der Waals surface area contributed by atoms with Crippen LogP contribution in [0.25, 0.3) is 0 Å². The molecule has 0 amide bonds. The molecule has 19 heavy (non-hydrogen) atoms. The minimum absolute atomic E-state index is 0.291. The van der Waals surface area contributed by atoms with Crippen molar-refractivity contribution in [3.8, 4) is 0 Å². The van der Waals surface area contributed by atoms with Gasteiger partial charge in [0, 0.05) is 30.9 Å². The van der Waals surface area contributed by atoms with Crippen LogP contribution in [0, 0.1) is 0 Å². The highest BCUT2D eigenvalue weighted by atomic mass is 15.3. The van der Waals surface area contributed by atoms with Gasteiger partial charge in [0.15, 0.2) is 0 Å². The molecule has 0 spiro atoms. The lowest BCUT2D eigenvalue weighted by Crippen LogP contribution is -2.50. The smallest absolute Gasteiger partial charge is 0.205 e. The van der Waals surface area contributed by atoms with E-state index in [2.05, 4.69) is 55.7 Å². The first-order chi connectivity index (χ1) is 8.99. The standard InChI is InChI=1S/C15H28N4/c1-6-13-11-19(12(2)3)14(17-13)18-9-7-15(4,16-5)8-10-18/h11-12,16H,6-10H2,1-5H3. The Morgan fingerprint density at radius 1 is 1.37 bits per heavy atom. The molecule has 2 rings (SSSR count). The van der Waals surface area contributed by atoms with Crippen LogP contribution >= 0.6 is 0 Å². The van der Waals surface area contributed by atoms with E-state index < -0.39 is 0 Å². The van der Waals surface area contributed by atoms with Crippen molar-refractivity contribution in [3.63, 3.8) is 0 Å². The van der Waals surface area contributed by atoms with Gasteiger partial charge in [-0.15, -0.1) is 0 Å². The molecule has 108 valence electrons. The monoisotopic (exact) mass is 264 g/mol. The van der Waals surface area contributed by atoms with E-state index in [0.29, 0.717) is 11.6 Å². The molecule has 1 fully saturated rings. The molecule has 4 heteroatoms. The molecule has 1 aromatic rings. The third-order valence-electron chi connectivity index (χ3n) is 4.43. The lowest BCUT2D eigenvalue weighted by molar-refractivity contribution is 0.302. The van der Waals surface area contributed by atoms with E-state index in [4.69, 9.17) is 4.98 Å². The van der Waals surface area contributed by atoms with E-state index >= 15 is 0 Å². The average molecular weight is 264 g/mol. The summed E-state index contributed by atoms with van der Waals surface area (Å²) in [5.74, 6) is 1.16. The van der Waals surface area contributed by atoms with Crippen LogP contribution in [-0.2, 0) is 6.42 Å². The number of rotatable bonds is 4. The number of aryl methyl sites for hydroxylation is 1. The zero-order chi connectivity index (χ0) is 14.0. The first-order valence-electron chi connectivity index (χ1n) is 7.50. The minimum Gasteiger partial charge on any atom is -0.342 e. The van der Waals surface area contributed by atoms with Crippen LogP contribution in [0.1, 0.15) is 52.3 Å². The van der Waals surface area contributed by atoms with Gasteiger partial charge in [-0.1, -0.05) is 6.92 Å². The molecule has 1 aliphatic rings. The minimum atomic E-state index is 0.291. The van der Waals surface area contributed by atoms with Gasteiger partial charge in [-0.25, -0.2) is 4.98 Å². The van der Waals surface area contributed by atoms with Crippen LogP contribution in [0.5, 0.6) is 0 Å². The molecule has 0 unspecified atom stereocenters. The van der Waals surface area contributed by atoms with Gasteiger partial charge in [-0.3, -0.25) is 0 Å². The Morgan fingerprint density at radius 3 is 2.47 bits per heavy atom. The molecule has 0 atom stereocenters. The summed E-state index contributed by atoms with van der Waals surface area (Å²) < 4.78 is 2.32. The highest BCUT2D eigenvalue weighted by Crippen LogP contribution is 2.27. The molecular weight excluding hydrogens is 236 g/mol. The molecule has 0 bridgehead atoms. The maximum Gasteiger partial charge on any atom is 0.205 e. The maximum atomic E-state index is 4.82. The number of anilines is 1. The summed E-state index contributed by atoms with van der Waals surface area (Å²) in [4.78, 5) is 7.26. The fourth-order valence-electron chi connectivity index (χ4n) is 2.67. The molecule has 0 saturated carbocycles. The number of hydrogen-bond donors (Lipinski definition) is 1. The molecule has 2 heterocycles. The number of aromatic nitrogens is 2. The summed E-state index contributed by atoms with van der Waals surface area (Å²) >= 11 is 0. The molecule has 1 aromatic heterocycles. The second kappa shape index (κ2) is 5.53. The average Bonchev–Trinajstić information content (AvgIpc) is 2.84. The Hall–Kier alpha value is -1.03. The van der Waals surface area contributed by atoms with E-state index in [1.165, 1.54) is 18.5 Å². The van der Waals surface area contributed by atoms with Crippen molar-refractivity contribution in [1.29, 1.82) is 0 Å². The highest BCUT2D eigenvalue weighted by molar-refractivity contribution is 5.35. The normalized spacial score (nSPS) is 19.2. The number of nitrogens with zero attached hydrogens (tertiary/aromatic N) is 3. The Morgan fingerprint density at radius 2 is 2.00 bits per heavy atom. The van der Waals surface area contributed by atoms with Gasteiger partial charge in [0.1, 0.15) is 0 Å². The van der Waals surface area contributed by atoms with Gasteiger partial charge < -0.3 is 14.8 Å². The predicted octanol–water partition coefficient (Wildman–Crippen LogP) is 2.60. The summed E-state index contributed by atoms with van der Waals surface area (Å²) in [6.45, 7) is 11.1. The first kappa shape index (κ1) is 14.4. The predicted molar refractivity (Wildman–Crippen MR) is 80.9 cm³/mol. The van der Waals surface area contributed by atoms with Gasteiger partial charge in [0.2, 0.25) is 5.95 Å². The summed E-state index contributed by atoms with van der Waals surface area (Å²) in [6, 6.07) is 0.473. The second-order valence-electron chi connectivity index (χ2n) is 6.18. The van der Waals surface area contributed by atoms with Gasteiger partial charge in [-0.05, 0) is 47.1 Å². The van der Waals surface area contributed by atoms with E-state index in [1.54, 1.807) is 0 Å². The van der Waals surface area contributed by atoms with Gasteiger partial charge in [-0.2, -0.15) is 0 Å². The molecule has 0 radical (unpaired) electrons. The number of imidazole rings is 1. The highest BCUT2D eigenvalue weighted by Gasteiger charge is 2.30. The van der Waals surface area contributed by atoms with Crippen molar-refractivity contribution >= 4 is 5.95 Å². The van der Waals surface area contributed by atoms with E-state index in [0.717, 1.165) is 25.5 Å². The summed E-state index contributed by atoms with van der Waals surface area (Å²) in [6.07, 6.45) is 5.58. The second-order valence-corrected chi connectivity index (χ2v) is 6.18. The van der Waals surface area contributed by atoms with Crippen molar-refractivity contribution in [3.05, 3.63) is 11.9 Å². The van der Waals surface area contributed by atoms with Crippen LogP contribution in [0.2, 0.25) is 0 Å². The third kappa shape index (κ3) is 2.94. The summed E-state index contributed by atoms with van der Waals surface area (Å²) in [5.41, 5.74) is 1.49. The summed E-state index contributed by atoms with van der Waals surface area (Å²) in [5, 5.41) is 3.45. The van der Waals surface area contributed by atoms with E-state index in [-0.39, 0.29) is 0 Å². The molecule has 0 aromatic carbocycles. The number of nitrogens with one attached hydrogen (secondary N) is 1. The molecule has 0 aliphatic carbocycles. The largest absolute Gasteiger partial charge is 0.342 e. The van der Waals surface area contributed by atoms with Crippen LogP contribution in [-0.4, -0.2) is 35.2 Å². The third-order valence-corrected chi connectivity index (χ3v) is 4.43. The van der Waals surface area contributed by atoms with Gasteiger partial charge in [0.25, 0.3) is 0 Å². The lowest BCUT2D eigenvalue weighted by Gasteiger charge is -2.40. The molecular formula is C15H28N4. The van der Waals surface area contributed by atoms with E-state index in [1.807, 2.05) is 0 Å². The molecule has 4 nitrogen and oxygen atoms in total. The first-order valence-corrected chi connectivity index (χ1v) is 7.50. The van der Waals surface area contributed by atoms with Crippen LogP contribution < -0.4 is 10.2 Å². The van der Waals surface area contributed by atoms with Crippen LogP contribution in [0.3, 0.4) is 0 Å². The number of hydrogen-bond acceptors (Lipinski definition) is 3. The zero-order valence-electron chi connectivity index (χ0n) is 13.0. The van der Waals surface area contributed by atoms with Crippen LogP contribution in [0.4, 0.5) is 5.95 Å². The quantitative estimate of drug-likeness (QED) is 0.907. The van der Waals surface area contributed by atoms with Crippen molar-refractivity contribution in [2.75, 3.05) is 25.0 Å². The number of piperidine rings is 1. The fraction of sp³-hybridized carbons (Fsp3) is 0.800. The molecule has 1 N–H and O–H groups in total.